The summed E-state index contributed by atoms with van der Waals surface area (Å²) < 4.78 is 5.56. The molecule has 0 amide bonds. The second-order valence-corrected chi connectivity index (χ2v) is 6.11. The van der Waals surface area contributed by atoms with Crippen LogP contribution in [-0.2, 0) is 4.74 Å². The molecule has 0 saturated carbocycles. The molecule has 0 atom stereocenters. The van der Waals surface area contributed by atoms with Gasteiger partial charge in [0.2, 0.25) is 0 Å². The Bertz CT molecular complexity index is 330. The largest absolute Gasteiger partial charge is 0.381 e. The summed E-state index contributed by atoms with van der Waals surface area (Å²) >= 11 is 0. The van der Waals surface area contributed by atoms with Crippen molar-refractivity contribution in [3.8, 4) is 0 Å². The maximum atomic E-state index is 5.56. The Morgan fingerprint density at radius 1 is 1.27 bits per heavy atom. The summed E-state index contributed by atoms with van der Waals surface area (Å²) in [5.74, 6) is 1.51. The minimum Gasteiger partial charge on any atom is -0.381 e. The summed E-state index contributed by atoms with van der Waals surface area (Å²) in [5, 5.41) is 6.72. The number of hydrogen-bond acceptors (Lipinski definition) is 2. The van der Waals surface area contributed by atoms with Crippen molar-refractivity contribution in [2.24, 2.45) is 10.9 Å². The van der Waals surface area contributed by atoms with Crippen molar-refractivity contribution in [3.05, 3.63) is 11.6 Å². The highest BCUT2D eigenvalue weighted by atomic mass is 127. The lowest BCUT2D eigenvalue weighted by Crippen LogP contribution is -2.38. The molecule has 0 bridgehead atoms. The van der Waals surface area contributed by atoms with Crippen LogP contribution in [0.3, 0.4) is 0 Å². The number of rotatable bonds is 9. The smallest absolute Gasteiger partial charge is 0.190 e. The topological polar surface area (TPSA) is 45.7 Å². The van der Waals surface area contributed by atoms with E-state index in [9.17, 15) is 0 Å². The van der Waals surface area contributed by atoms with E-state index in [0.29, 0.717) is 5.92 Å². The highest BCUT2D eigenvalue weighted by Crippen LogP contribution is 2.19. The van der Waals surface area contributed by atoms with E-state index in [1.165, 1.54) is 25.7 Å². The molecule has 22 heavy (non-hydrogen) atoms. The first-order chi connectivity index (χ1) is 10.2. The summed E-state index contributed by atoms with van der Waals surface area (Å²) in [6, 6.07) is 0. The van der Waals surface area contributed by atoms with Crippen LogP contribution in [0.4, 0.5) is 0 Å². The van der Waals surface area contributed by atoms with Gasteiger partial charge in [0.1, 0.15) is 0 Å². The first kappa shape index (κ1) is 21.7. The van der Waals surface area contributed by atoms with E-state index in [1.54, 1.807) is 5.57 Å². The zero-order valence-electron chi connectivity index (χ0n) is 14.5. The SMILES string of the molecule is CN=C(NCCCOCC(C)C)NCCC1=CCCCC1.I. The Hall–Kier alpha value is -0.300. The van der Waals surface area contributed by atoms with Gasteiger partial charge < -0.3 is 15.4 Å². The number of guanidine groups is 1. The molecule has 0 fully saturated rings. The number of halogens is 1. The van der Waals surface area contributed by atoms with Crippen LogP contribution in [0.15, 0.2) is 16.6 Å². The molecule has 0 heterocycles. The van der Waals surface area contributed by atoms with Crippen LogP contribution in [0, 0.1) is 5.92 Å². The Balaban J connectivity index is 0.00000441. The molecule has 130 valence electrons. The lowest BCUT2D eigenvalue weighted by Gasteiger charge is -2.15. The minimum absolute atomic E-state index is 0. The second kappa shape index (κ2) is 14.3. The normalized spacial score (nSPS) is 15.3. The van der Waals surface area contributed by atoms with Gasteiger partial charge in [-0.15, -0.1) is 24.0 Å². The standard InChI is InChI=1S/C17H33N3O.HI/c1-15(2)14-21-13-7-11-19-17(18-3)20-12-10-16-8-5-4-6-9-16;/h8,15H,4-7,9-14H2,1-3H3,(H2,18,19,20);1H. The van der Waals surface area contributed by atoms with Gasteiger partial charge in [-0.2, -0.15) is 0 Å². The Morgan fingerprint density at radius 2 is 2.05 bits per heavy atom. The van der Waals surface area contributed by atoms with Gasteiger partial charge in [-0.1, -0.05) is 25.5 Å². The van der Waals surface area contributed by atoms with E-state index in [0.717, 1.165) is 45.1 Å². The highest BCUT2D eigenvalue weighted by Gasteiger charge is 2.04. The third kappa shape index (κ3) is 11.3. The van der Waals surface area contributed by atoms with E-state index < -0.39 is 0 Å². The summed E-state index contributed by atoms with van der Waals surface area (Å²) in [6.45, 7) is 7.88. The molecule has 0 unspecified atom stereocenters. The molecule has 1 aliphatic rings. The van der Waals surface area contributed by atoms with Gasteiger partial charge in [-0.05, 0) is 44.4 Å². The van der Waals surface area contributed by atoms with Gasteiger partial charge in [0.05, 0.1) is 0 Å². The van der Waals surface area contributed by atoms with Gasteiger partial charge in [-0.25, -0.2) is 0 Å². The number of allylic oxidation sites excluding steroid dienone is 1. The van der Waals surface area contributed by atoms with Gasteiger partial charge in [-0.3, -0.25) is 4.99 Å². The molecule has 0 aromatic carbocycles. The van der Waals surface area contributed by atoms with Gasteiger partial charge in [0.25, 0.3) is 0 Å². The molecule has 0 radical (unpaired) electrons. The van der Waals surface area contributed by atoms with Crippen LogP contribution >= 0.6 is 24.0 Å². The summed E-state index contributed by atoms with van der Waals surface area (Å²) in [4.78, 5) is 4.25. The summed E-state index contributed by atoms with van der Waals surface area (Å²) in [6.07, 6.45) is 9.82. The molecule has 1 aliphatic carbocycles. The van der Waals surface area contributed by atoms with E-state index in [-0.39, 0.29) is 24.0 Å². The molecular weight excluding hydrogens is 389 g/mol. The first-order valence-electron chi connectivity index (χ1n) is 8.42. The maximum absolute atomic E-state index is 5.56. The highest BCUT2D eigenvalue weighted by molar-refractivity contribution is 14.0. The van der Waals surface area contributed by atoms with Crippen LogP contribution in [0.2, 0.25) is 0 Å². The molecule has 0 spiro atoms. The van der Waals surface area contributed by atoms with Crippen molar-refractivity contribution in [3.63, 3.8) is 0 Å². The minimum atomic E-state index is 0. The summed E-state index contributed by atoms with van der Waals surface area (Å²) in [5.41, 5.74) is 1.60. The van der Waals surface area contributed by atoms with E-state index in [2.05, 4.69) is 35.5 Å². The molecule has 0 aliphatic heterocycles. The van der Waals surface area contributed by atoms with Crippen molar-refractivity contribution in [2.45, 2.75) is 52.4 Å². The van der Waals surface area contributed by atoms with Crippen molar-refractivity contribution >= 4 is 29.9 Å². The second-order valence-electron chi connectivity index (χ2n) is 6.11. The molecule has 5 heteroatoms. The van der Waals surface area contributed by atoms with Crippen LogP contribution in [-0.4, -0.2) is 39.3 Å². The average Bonchev–Trinajstić information content (AvgIpc) is 2.49. The molecule has 4 nitrogen and oxygen atoms in total. The Labute approximate surface area is 153 Å². The van der Waals surface area contributed by atoms with E-state index in [4.69, 9.17) is 4.74 Å². The van der Waals surface area contributed by atoms with Crippen LogP contribution in [0.25, 0.3) is 0 Å². The molecule has 0 aromatic rings. The molecule has 0 aromatic heterocycles. The lowest BCUT2D eigenvalue weighted by atomic mass is 9.97. The number of hydrogen-bond donors (Lipinski definition) is 2. The molecule has 1 rings (SSSR count). The lowest BCUT2D eigenvalue weighted by molar-refractivity contribution is 0.108. The zero-order chi connectivity index (χ0) is 15.3. The van der Waals surface area contributed by atoms with Gasteiger partial charge in [0.15, 0.2) is 5.96 Å². The Morgan fingerprint density at radius 3 is 2.68 bits per heavy atom. The predicted molar refractivity (Wildman–Crippen MR) is 106 cm³/mol. The maximum Gasteiger partial charge on any atom is 0.190 e. The fraction of sp³-hybridized carbons (Fsp3) is 0.824. The van der Waals surface area contributed by atoms with Gasteiger partial charge >= 0.3 is 0 Å². The van der Waals surface area contributed by atoms with E-state index >= 15 is 0 Å². The van der Waals surface area contributed by atoms with E-state index in [1.807, 2.05) is 7.05 Å². The number of ether oxygens (including phenoxy) is 1. The van der Waals surface area contributed by atoms with Crippen LogP contribution < -0.4 is 10.6 Å². The van der Waals surface area contributed by atoms with Gasteiger partial charge in [0, 0.05) is 33.4 Å². The predicted octanol–water partition coefficient (Wildman–Crippen LogP) is 3.72. The van der Waals surface area contributed by atoms with Crippen molar-refractivity contribution in [2.75, 3.05) is 33.4 Å². The molecule has 0 saturated heterocycles. The molecular formula is C17H34IN3O. The third-order valence-electron chi connectivity index (χ3n) is 3.56. The third-order valence-corrected chi connectivity index (χ3v) is 3.56. The van der Waals surface area contributed by atoms with Crippen molar-refractivity contribution < 1.29 is 4.74 Å². The average molecular weight is 423 g/mol. The number of nitrogens with zero attached hydrogens (tertiary/aromatic N) is 1. The Kier molecular flexibility index (Phi) is 14.1. The molecule has 2 N–H and O–H groups in total. The summed E-state index contributed by atoms with van der Waals surface area (Å²) in [7, 11) is 1.82. The van der Waals surface area contributed by atoms with Crippen molar-refractivity contribution in [1.82, 2.24) is 10.6 Å². The van der Waals surface area contributed by atoms with Crippen LogP contribution in [0.1, 0.15) is 52.4 Å². The monoisotopic (exact) mass is 423 g/mol. The quantitative estimate of drug-likeness (QED) is 0.195. The fourth-order valence-electron chi connectivity index (χ4n) is 2.39. The zero-order valence-corrected chi connectivity index (χ0v) is 16.8. The fourth-order valence-corrected chi connectivity index (χ4v) is 2.39. The van der Waals surface area contributed by atoms with Crippen molar-refractivity contribution in [1.29, 1.82) is 0 Å². The first-order valence-corrected chi connectivity index (χ1v) is 8.42. The number of aliphatic imine (C=N–C) groups is 1. The van der Waals surface area contributed by atoms with Crippen LogP contribution in [0.5, 0.6) is 0 Å². The number of nitrogens with one attached hydrogen (secondary N) is 2.